The molecule has 0 aromatic rings. The minimum atomic E-state index is 0.500. The van der Waals surface area contributed by atoms with E-state index < -0.39 is 0 Å². The van der Waals surface area contributed by atoms with Crippen LogP contribution in [0.25, 0.3) is 0 Å². The second-order valence-electron chi connectivity index (χ2n) is 3.43. The first-order valence-corrected chi connectivity index (χ1v) is 6.35. The van der Waals surface area contributed by atoms with Crippen molar-refractivity contribution in [2.24, 2.45) is 10.7 Å². The van der Waals surface area contributed by atoms with Crippen LogP contribution in [0.15, 0.2) is 17.6 Å². The molecule has 0 saturated carbocycles. The Kier molecular flexibility index (Phi) is 4.87. The topological polar surface area (TPSA) is 41.6 Å². The molecular weight excluding hydrogens is 194 g/mol. The lowest BCUT2D eigenvalue weighted by molar-refractivity contribution is 0.350. The van der Waals surface area contributed by atoms with E-state index in [-0.39, 0.29) is 0 Å². The fourth-order valence-corrected chi connectivity index (χ4v) is 2.12. The average molecular weight is 213 g/mol. The molecule has 0 fully saturated rings. The van der Waals surface area contributed by atoms with Gasteiger partial charge in [0.15, 0.2) is 5.96 Å². The second kappa shape index (κ2) is 5.96. The van der Waals surface area contributed by atoms with E-state index in [4.69, 9.17) is 5.73 Å². The van der Waals surface area contributed by atoms with Crippen LogP contribution in [-0.4, -0.2) is 42.0 Å². The van der Waals surface area contributed by atoms with Gasteiger partial charge < -0.3 is 10.6 Å². The Balaban J connectivity index is 2.34. The molecule has 0 aliphatic carbocycles. The van der Waals surface area contributed by atoms with Crippen molar-refractivity contribution in [1.29, 1.82) is 0 Å². The molecule has 2 N–H and O–H groups in total. The summed E-state index contributed by atoms with van der Waals surface area (Å²) >= 11 is 1.89. The first-order chi connectivity index (χ1) is 6.79. The van der Waals surface area contributed by atoms with Gasteiger partial charge >= 0.3 is 0 Å². The third-order valence-corrected chi connectivity index (χ3v) is 3.11. The van der Waals surface area contributed by atoms with Gasteiger partial charge in [0.05, 0.1) is 12.6 Å². The number of hydrogen-bond acceptors (Lipinski definition) is 4. The van der Waals surface area contributed by atoms with Crippen LogP contribution < -0.4 is 5.73 Å². The quantitative estimate of drug-likeness (QED) is 0.534. The summed E-state index contributed by atoms with van der Waals surface area (Å²) in [6, 6.07) is 0.500. The fraction of sp³-hybridized carbons (Fsp3) is 0.700. The van der Waals surface area contributed by atoms with Crippen LogP contribution in [0, 0.1) is 0 Å². The Bertz CT molecular complexity index is 215. The molecule has 4 heteroatoms. The fourth-order valence-electron chi connectivity index (χ4n) is 1.67. The summed E-state index contributed by atoms with van der Waals surface area (Å²) in [5.74, 6) is 1.90. The van der Waals surface area contributed by atoms with E-state index in [0.29, 0.717) is 12.0 Å². The highest BCUT2D eigenvalue weighted by Gasteiger charge is 2.23. The maximum absolute atomic E-state index is 5.78. The lowest BCUT2D eigenvalue weighted by atomic mass is 10.1. The molecule has 0 amide bonds. The third kappa shape index (κ3) is 2.94. The highest BCUT2D eigenvalue weighted by atomic mass is 32.2. The molecule has 0 bridgehead atoms. The number of aliphatic imine (C=N–C) groups is 1. The lowest BCUT2D eigenvalue weighted by Gasteiger charge is -2.24. The summed E-state index contributed by atoms with van der Waals surface area (Å²) in [5, 5.41) is 0. The molecule has 0 aromatic carbocycles. The zero-order valence-corrected chi connectivity index (χ0v) is 9.59. The van der Waals surface area contributed by atoms with Crippen LogP contribution in [-0.2, 0) is 0 Å². The van der Waals surface area contributed by atoms with Gasteiger partial charge in [0.2, 0.25) is 0 Å². The molecule has 0 spiro atoms. The number of nitrogens with two attached hydrogens (primary N) is 1. The largest absolute Gasteiger partial charge is 0.370 e. The maximum Gasteiger partial charge on any atom is 0.191 e. The highest BCUT2D eigenvalue weighted by molar-refractivity contribution is 7.98. The van der Waals surface area contributed by atoms with Gasteiger partial charge in [-0.3, -0.25) is 4.99 Å². The van der Waals surface area contributed by atoms with E-state index in [2.05, 4.69) is 22.7 Å². The third-order valence-electron chi connectivity index (χ3n) is 2.41. The first-order valence-electron chi connectivity index (χ1n) is 4.96. The van der Waals surface area contributed by atoms with E-state index in [1.807, 2.05) is 17.8 Å². The molecule has 0 radical (unpaired) electrons. The first kappa shape index (κ1) is 11.4. The molecule has 0 aromatic heterocycles. The summed E-state index contributed by atoms with van der Waals surface area (Å²) in [7, 11) is 0. The molecule has 80 valence electrons. The standard InChI is InChI=1S/C10H19N3S/c1-3-6-13-9(5-4-7-14-2)8-12-10(13)11/h3,9H,1,4-8H2,2H3,(H2,11,12). The van der Waals surface area contributed by atoms with Crippen molar-refractivity contribution in [3.63, 3.8) is 0 Å². The van der Waals surface area contributed by atoms with Gasteiger partial charge in [0, 0.05) is 6.54 Å². The maximum atomic E-state index is 5.78. The van der Waals surface area contributed by atoms with Crippen molar-refractivity contribution in [3.8, 4) is 0 Å². The van der Waals surface area contributed by atoms with Crippen molar-refractivity contribution in [2.45, 2.75) is 18.9 Å². The molecule has 0 saturated heterocycles. The van der Waals surface area contributed by atoms with Crippen molar-refractivity contribution in [1.82, 2.24) is 4.90 Å². The van der Waals surface area contributed by atoms with Crippen molar-refractivity contribution < 1.29 is 0 Å². The predicted molar refractivity (Wildman–Crippen MR) is 64.8 cm³/mol. The lowest BCUT2D eigenvalue weighted by Crippen LogP contribution is -2.40. The van der Waals surface area contributed by atoms with Crippen LogP contribution in [0.5, 0.6) is 0 Å². The van der Waals surface area contributed by atoms with E-state index in [1.165, 1.54) is 18.6 Å². The summed E-state index contributed by atoms with van der Waals surface area (Å²) in [5.41, 5.74) is 5.78. The molecular formula is C10H19N3S. The Labute approximate surface area is 90.4 Å². The van der Waals surface area contributed by atoms with Crippen molar-refractivity contribution in [2.75, 3.05) is 25.1 Å². The summed E-state index contributed by atoms with van der Waals surface area (Å²) in [6.45, 7) is 5.41. The van der Waals surface area contributed by atoms with Gasteiger partial charge in [-0.05, 0) is 24.9 Å². The van der Waals surface area contributed by atoms with E-state index >= 15 is 0 Å². The Morgan fingerprint density at radius 2 is 2.57 bits per heavy atom. The predicted octanol–water partition coefficient (Wildman–Crippen LogP) is 1.31. The minimum absolute atomic E-state index is 0.500. The van der Waals surface area contributed by atoms with E-state index in [1.54, 1.807) is 0 Å². The van der Waals surface area contributed by atoms with Gasteiger partial charge in [-0.15, -0.1) is 6.58 Å². The summed E-state index contributed by atoms with van der Waals surface area (Å²) < 4.78 is 0. The van der Waals surface area contributed by atoms with Crippen LogP contribution in [0.2, 0.25) is 0 Å². The number of nitrogens with zero attached hydrogens (tertiary/aromatic N) is 2. The summed E-state index contributed by atoms with van der Waals surface area (Å²) in [6.07, 6.45) is 6.44. The Morgan fingerprint density at radius 1 is 1.79 bits per heavy atom. The van der Waals surface area contributed by atoms with Gasteiger partial charge in [-0.1, -0.05) is 6.08 Å². The molecule has 14 heavy (non-hydrogen) atoms. The SMILES string of the molecule is C=CCN1C(N)=NCC1CCCSC. The Morgan fingerprint density at radius 3 is 3.21 bits per heavy atom. The smallest absolute Gasteiger partial charge is 0.191 e. The second-order valence-corrected chi connectivity index (χ2v) is 4.41. The molecule has 1 atom stereocenters. The van der Waals surface area contributed by atoms with Crippen LogP contribution in [0.4, 0.5) is 0 Å². The van der Waals surface area contributed by atoms with Gasteiger partial charge in [-0.25, -0.2) is 0 Å². The Hall–Kier alpha value is -0.640. The number of rotatable bonds is 6. The zero-order valence-electron chi connectivity index (χ0n) is 8.78. The highest BCUT2D eigenvalue weighted by Crippen LogP contribution is 2.14. The molecule has 1 unspecified atom stereocenters. The van der Waals surface area contributed by atoms with Crippen LogP contribution in [0.1, 0.15) is 12.8 Å². The van der Waals surface area contributed by atoms with Gasteiger partial charge in [-0.2, -0.15) is 11.8 Å². The monoisotopic (exact) mass is 213 g/mol. The van der Waals surface area contributed by atoms with Gasteiger partial charge in [0.1, 0.15) is 0 Å². The summed E-state index contributed by atoms with van der Waals surface area (Å²) in [4.78, 5) is 6.41. The number of hydrogen-bond donors (Lipinski definition) is 1. The van der Waals surface area contributed by atoms with Crippen LogP contribution >= 0.6 is 11.8 Å². The van der Waals surface area contributed by atoms with Gasteiger partial charge in [0.25, 0.3) is 0 Å². The molecule has 1 aliphatic rings. The van der Waals surface area contributed by atoms with Crippen LogP contribution in [0.3, 0.4) is 0 Å². The van der Waals surface area contributed by atoms with E-state index in [0.717, 1.165) is 13.1 Å². The zero-order chi connectivity index (χ0) is 10.4. The van der Waals surface area contributed by atoms with Crippen molar-refractivity contribution in [3.05, 3.63) is 12.7 Å². The molecule has 1 heterocycles. The van der Waals surface area contributed by atoms with E-state index in [9.17, 15) is 0 Å². The molecule has 1 rings (SSSR count). The average Bonchev–Trinajstić information content (AvgIpc) is 2.51. The van der Waals surface area contributed by atoms with Crippen molar-refractivity contribution >= 4 is 17.7 Å². The number of guanidine groups is 1. The minimum Gasteiger partial charge on any atom is -0.370 e. The normalized spacial score (nSPS) is 21.1. The number of thioether (sulfide) groups is 1. The molecule has 3 nitrogen and oxygen atoms in total. The molecule has 1 aliphatic heterocycles.